The maximum Gasteiger partial charge on any atom is 0.253 e. The molecule has 0 saturated heterocycles. The van der Waals surface area contributed by atoms with E-state index in [0.29, 0.717) is 5.56 Å². The van der Waals surface area contributed by atoms with Crippen LogP contribution in [-0.4, -0.2) is 10.9 Å². The van der Waals surface area contributed by atoms with Crippen LogP contribution >= 0.6 is 39.1 Å². The van der Waals surface area contributed by atoms with Gasteiger partial charge in [0.25, 0.3) is 5.91 Å². The van der Waals surface area contributed by atoms with Crippen molar-refractivity contribution in [3.8, 4) is 0 Å². The normalized spacial score (nSPS) is 12.0. The number of rotatable bonds is 3. The summed E-state index contributed by atoms with van der Waals surface area (Å²) in [7, 11) is 0. The molecule has 1 unspecified atom stereocenters. The van der Waals surface area contributed by atoms with Gasteiger partial charge in [0, 0.05) is 10.7 Å². The number of benzene rings is 1. The number of nitrogens with zero attached hydrogens (tertiary/aromatic N) is 1. The molecule has 1 amide bonds. The Morgan fingerprint density at radius 2 is 1.95 bits per heavy atom. The standard InChI is InChI=1S/C14H11BrCl2N2O/c1-8(9-2-4-10(15)5-3-9)19-14(20)11-6-13(17)18-7-12(11)16/h2-8H,1H3,(H,19,20). The number of carbonyl (C=O) groups is 1. The third-order valence-electron chi connectivity index (χ3n) is 2.78. The zero-order valence-corrected chi connectivity index (χ0v) is 13.6. The van der Waals surface area contributed by atoms with Crippen molar-refractivity contribution < 1.29 is 4.79 Å². The molecule has 0 fully saturated rings. The zero-order chi connectivity index (χ0) is 14.7. The minimum atomic E-state index is -0.283. The number of nitrogens with one attached hydrogen (secondary N) is 1. The van der Waals surface area contributed by atoms with E-state index in [-0.39, 0.29) is 22.1 Å². The summed E-state index contributed by atoms with van der Waals surface area (Å²) in [6, 6.07) is 9.04. The molecule has 0 saturated carbocycles. The van der Waals surface area contributed by atoms with Gasteiger partial charge in [-0.2, -0.15) is 0 Å². The Kier molecular flexibility index (Phi) is 5.02. The van der Waals surface area contributed by atoms with Crippen molar-refractivity contribution in [3.05, 3.63) is 62.3 Å². The van der Waals surface area contributed by atoms with Crippen LogP contribution in [0.25, 0.3) is 0 Å². The highest BCUT2D eigenvalue weighted by Crippen LogP contribution is 2.20. The average Bonchev–Trinajstić information content (AvgIpc) is 2.42. The number of carbonyl (C=O) groups excluding carboxylic acids is 1. The van der Waals surface area contributed by atoms with Crippen molar-refractivity contribution in [2.75, 3.05) is 0 Å². The Balaban J connectivity index is 2.15. The van der Waals surface area contributed by atoms with E-state index in [4.69, 9.17) is 23.2 Å². The van der Waals surface area contributed by atoms with E-state index in [9.17, 15) is 4.79 Å². The van der Waals surface area contributed by atoms with Crippen LogP contribution in [0.2, 0.25) is 10.2 Å². The van der Waals surface area contributed by atoms with Crippen molar-refractivity contribution in [3.63, 3.8) is 0 Å². The van der Waals surface area contributed by atoms with Crippen LogP contribution < -0.4 is 5.32 Å². The molecule has 0 radical (unpaired) electrons. The molecule has 1 aromatic carbocycles. The summed E-state index contributed by atoms with van der Waals surface area (Å²) >= 11 is 15.1. The third-order valence-corrected chi connectivity index (χ3v) is 3.82. The monoisotopic (exact) mass is 372 g/mol. The fraction of sp³-hybridized carbons (Fsp3) is 0.143. The molecule has 104 valence electrons. The Morgan fingerprint density at radius 3 is 2.60 bits per heavy atom. The van der Waals surface area contributed by atoms with Gasteiger partial charge in [-0.15, -0.1) is 0 Å². The lowest BCUT2D eigenvalue weighted by atomic mass is 10.1. The molecule has 1 aromatic heterocycles. The summed E-state index contributed by atoms with van der Waals surface area (Å²) in [5.41, 5.74) is 1.31. The van der Waals surface area contributed by atoms with Crippen molar-refractivity contribution in [1.82, 2.24) is 10.3 Å². The van der Waals surface area contributed by atoms with Crippen molar-refractivity contribution in [1.29, 1.82) is 0 Å². The fourth-order valence-electron chi connectivity index (χ4n) is 1.70. The van der Waals surface area contributed by atoms with E-state index in [0.717, 1.165) is 10.0 Å². The number of aromatic nitrogens is 1. The third kappa shape index (κ3) is 3.72. The predicted octanol–water partition coefficient (Wildman–Crippen LogP) is 4.64. The predicted molar refractivity (Wildman–Crippen MR) is 84.3 cm³/mol. The van der Waals surface area contributed by atoms with Crippen LogP contribution in [0.3, 0.4) is 0 Å². The lowest BCUT2D eigenvalue weighted by molar-refractivity contribution is 0.0940. The van der Waals surface area contributed by atoms with Gasteiger partial charge in [0.15, 0.2) is 0 Å². The van der Waals surface area contributed by atoms with Crippen molar-refractivity contribution in [2.45, 2.75) is 13.0 Å². The maximum atomic E-state index is 12.2. The largest absolute Gasteiger partial charge is 0.345 e. The molecule has 3 nitrogen and oxygen atoms in total. The van der Waals surface area contributed by atoms with Gasteiger partial charge >= 0.3 is 0 Å². The Bertz CT molecular complexity index is 632. The first kappa shape index (κ1) is 15.3. The zero-order valence-electron chi connectivity index (χ0n) is 10.5. The van der Waals surface area contributed by atoms with Gasteiger partial charge in [0.05, 0.1) is 16.6 Å². The molecule has 2 rings (SSSR count). The summed E-state index contributed by atoms with van der Waals surface area (Å²) in [5.74, 6) is -0.283. The van der Waals surface area contributed by atoms with Crippen molar-refractivity contribution >= 4 is 45.0 Å². The minimum absolute atomic E-state index is 0.140. The van der Waals surface area contributed by atoms with E-state index < -0.39 is 0 Å². The van der Waals surface area contributed by atoms with Gasteiger partial charge in [-0.05, 0) is 30.7 Å². The summed E-state index contributed by atoms with van der Waals surface area (Å²) in [6.07, 6.45) is 1.36. The molecule has 20 heavy (non-hydrogen) atoms. The second kappa shape index (κ2) is 6.57. The smallest absolute Gasteiger partial charge is 0.253 e. The number of hydrogen-bond donors (Lipinski definition) is 1. The number of halogens is 3. The highest BCUT2D eigenvalue weighted by Gasteiger charge is 2.15. The lowest BCUT2D eigenvalue weighted by Crippen LogP contribution is -2.27. The van der Waals surface area contributed by atoms with E-state index in [1.807, 2.05) is 31.2 Å². The van der Waals surface area contributed by atoms with Crippen LogP contribution in [0.15, 0.2) is 41.0 Å². The Morgan fingerprint density at radius 1 is 1.30 bits per heavy atom. The Hall–Kier alpha value is -1.10. The molecular formula is C14H11BrCl2N2O. The molecule has 0 bridgehead atoms. The Labute approximate surface area is 135 Å². The maximum absolute atomic E-state index is 12.2. The molecule has 6 heteroatoms. The second-order valence-electron chi connectivity index (χ2n) is 4.23. The van der Waals surface area contributed by atoms with Crippen LogP contribution in [0, 0.1) is 0 Å². The molecule has 1 N–H and O–H groups in total. The number of pyridine rings is 1. The molecule has 2 aromatic rings. The van der Waals surface area contributed by atoms with Gasteiger partial charge in [-0.25, -0.2) is 4.98 Å². The van der Waals surface area contributed by atoms with E-state index in [1.165, 1.54) is 12.3 Å². The first-order chi connectivity index (χ1) is 9.47. The quantitative estimate of drug-likeness (QED) is 0.796. The van der Waals surface area contributed by atoms with Crippen LogP contribution in [0.4, 0.5) is 0 Å². The fourth-order valence-corrected chi connectivity index (χ4v) is 2.31. The second-order valence-corrected chi connectivity index (χ2v) is 5.94. The summed E-state index contributed by atoms with van der Waals surface area (Å²) in [6.45, 7) is 1.90. The van der Waals surface area contributed by atoms with Gasteiger partial charge in [0.1, 0.15) is 5.15 Å². The summed E-state index contributed by atoms with van der Waals surface area (Å²) in [4.78, 5) is 16.0. The van der Waals surface area contributed by atoms with Gasteiger partial charge in [-0.1, -0.05) is 51.3 Å². The average molecular weight is 374 g/mol. The highest BCUT2D eigenvalue weighted by molar-refractivity contribution is 9.10. The van der Waals surface area contributed by atoms with E-state index in [2.05, 4.69) is 26.2 Å². The van der Waals surface area contributed by atoms with E-state index >= 15 is 0 Å². The molecule has 0 aliphatic carbocycles. The minimum Gasteiger partial charge on any atom is -0.345 e. The van der Waals surface area contributed by atoms with Crippen LogP contribution in [-0.2, 0) is 0 Å². The van der Waals surface area contributed by atoms with Crippen molar-refractivity contribution in [2.24, 2.45) is 0 Å². The highest BCUT2D eigenvalue weighted by atomic mass is 79.9. The number of hydrogen-bond acceptors (Lipinski definition) is 2. The molecule has 0 aliphatic rings. The molecular weight excluding hydrogens is 363 g/mol. The van der Waals surface area contributed by atoms with Crippen LogP contribution in [0.1, 0.15) is 28.9 Å². The van der Waals surface area contributed by atoms with Gasteiger partial charge in [0.2, 0.25) is 0 Å². The molecule has 1 atom stereocenters. The molecule has 0 aliphatic heterocycles. The van der Waals surface area contributed by atoms with E-state index in [1.54, 1.807) is 0 Å². The first-order valence-electron chi connectivity index (χ1n) is 5.84. The van der Waals surface area contributed by atoms with Crippen LogP contribution in [0.5, 0.6) is 0 Å². The van der Waals surface area contributed by atoms with Gasteiger partial charge in [-0.3, -0.25) is 4.79 Å². The topological polar surface area (TPSA) is 42.0 Å². The SMILES string of the molecule is CC(NC(=O)c1cc(Cl)ncc1Cl)c1ccc(Br)cc1. The molecule has 1 heterocycles. The summed E-state index contributed by atoms with van der Waals surface area (Å²) in [5, 5.41) is 3.38. The lowest BCUT2D eigenvalue weighted by Gasteiger charge is -2.15. The van der Waals surface area contributed by atoms with Gasteiger partial charge < -0.3 is 5.32 Å². The first-order valence-corrected chi connectivity index (χ1v) is 7.39. The summed E-state index contributed by atoms with van der Waals surface area (Å²) < 4.78 is 0.990. The molecule has 0 spiro atoms. The number of amides is 1.